The maximum absolute atomic E-state index is 12.0. The normalized spacial score (nSPS) is 23.6. The molecule has 3 N–H and O–H groups in total. The lowest BCUT2D eigenvalue weighted by atomic mass is 9.70. The maximum atomic E-state index is 12.0. The van der Waals surface area contributed by atoms with Gasteiger partial charge in [0.2, 0.25) is 0 Å². The van der Waals surface area contributed by atoms with Gasteiger partial charge in [0.05, 0.1) is 11.6 Å². The molecule has 2 atom stereocenters. The van der Waals surface area contributed by atoms with Gasteiger partial charge in [-0.1, -0.05) is 0 Å². The number of hydrogen-bond donors (Lipinski definition) is 3. The van der Waals surface area contributed by atoms with Gasteiger partial charge in [-0.05, 0) is 88.7 Å². The molecule has 2 aliphatic heterocycles. The van der Waals surface area contributed by atoms with E-state index in [-0.39, 0.29) is 11.5 Å². The topological polar surface area (TPSA) is 89.4 Å². The van der Waals surface area contributed by atoms with Gasteiger partial charge in [-0.25, -0.2) is 4.79 Å². The summed E-state index contributed by atoms with van der Waals surface area (Å²) in [6.45, 7) is 12.6. The maximum Gasteiger partial charge on any atom is 0.407 e. The van der Waals surface area contributed by atoms with Crippen LogP contribution in [0, 0.1) is 22.7 Å². The summed E-state index contributed by atoms with van der Waals surface area (Å²) < 4.78 is 5.37. The zero-order chi connectivity index (χ0) is 22.3. The van der Waals surface area contributed by atoms with E-state index < -0.39 is 5.60 Å². The molecule has 0 radical (unpaired) electrons. The van der Waals surface area contributed by atoms with Crippen LogP contribution >= 0.6 is 0 Å². The van der Waals surface area contributed by atoms with Crippen molar-refractivity contribution >= 4 is 11.8 Å². The molecule has 170 valence electrons. The molecular formula is C24H37N5O2. The third-order valence-electron chi connectivity index (χ3n) is 6.05. The quantitative estimate of drug-likeness (QED) is 0.552. The molecule has 2 unspecified atom stereocenters. The molecule has 2 fully saturated rings. The van der Waals surface area contributed by atoms with Crippen LogP contribution in [-0.4, -0.2) is 62.4 Å². The van der Waals surface area contributed by atoms with Crippen molar-refractivity contribution in [1.82, 2.24) is 15.5 Å². The van der Waals surface area contributed by atoms with Crippen molar-refractivity contribution in [2.45, 2.75) is 45.6 Å². The van der Waals surface area contributed by atoms with Crippen LogP contribution < -0.4 is 16.0 Å². The summed E-state index contributed by atoms with van der Waals surface area (Å²) in [5, 5.41) is 18.9. The monoisotopic (exact) mass is 427 g/mol. The van der Waals surface area contributed by atoms with Crippen molar-refractivity contribution in [2.75, 3.05) is 51.1 Å². The van der Waals surface area contributed by atoms with Crippen LogP contribution in [0.2, 0.25) is 0 Å². The zero-order valence-electron chi connectivity index (χ0n) is 19.2. The molecule has 0 saturated carbocycles. The van der Waals surface area contributed by atoms with E-state index in [1.807, 2.05) is 45.0 Å². The van der Waals surface area contributed by atoms with Gasteiger partial charge in [0, 0.05) is 38.4 Å². The average molecular weight is 428 g/mol. The fourth-order valence-electron chi connectivity index (χ4n) is 4.83. The number of carbonyl (C=O) groups is 1. The van der Waals surface area contributed by atoms with Crippen LogP contribution in [0.5, 0.6) is 0 Å². The molecule has 1 amide bonds. The Morgan fingerprint density at radius 1 is 1.32 bits per heavy atom. The van der Waals surface area contributed by atoms with Crippen LogP contribution in [0.4, 0.5) is 10.5 Å². The number of anilines is 1. The van der Waals surface area contributed by atoms with Gasteiger partial charge in [0.25, 0.3) is 0 Å². The Bertz CT molecular complexity index is 768. The second-order valence-electron chi connectivity index (χ2n) is 10.1. The van der Waals surface area contributed by atoms with E-state index in [1.165, 1.54) is 6.42 Å². The molecule has 1 aromatic carbocycles. The minimum absolute atomic E-state index is 0.219. The van der Waals surface area contributed by atoms with Crippen molar-refractivity contribution in [3.05, 3.63) is 29.8 Å². The van der Waals surface area contributed by atoms with E-state index in [0.717, 1.165) is 57.8 Å². The van der Waals surface area contributed by atoms with Crippen molar-refractivity contribution in [3.8, 4) is 6.07 Å². The molecule has 0 aliphatic carbocycles. The Hall–Kier alpha value is -2.30. The van der Waals surface area contributed by atoms with Crippen molar-refractivity contribution in [3.63, 3.8) is 0 Å². The molecule has 2 aliphatic rings. The van der Waals surface area contributed by atoms with Gasteiger partial charge in [-0.15, -0.1) is 0 Å². The van der Waals surface area contributed by atoms with E-state index in [9.17, 15) is 4.79 Å². The lowest BCUT2D eigenvalue weighted by Gasteiger charge is -2.50. The summed E-state index contributed by atoms with van der Waals surface area (Å²) in [7, 11) is 0. The van der Waals surface area contributed by atoms with E-state index in [0.29, 0.717) is 18.0 Å². The number of likely N-dealkylation sites (tertiary alicyclic amines) is 1. The number of hydrogen-bond acceptors (Lipinski definition) is 6. The fourth-order valence-corrected chi connectivity index (χ4v) is 4.83. The fraction of sp³-hybridized carbons (Fsp3) is 0.667. The molecule has 31 heavy (non-hydrogen) atoms. The van der Waals surface area contributed by atoms with Crippen molar-refractivity contribution < 1.29 is 9.53 Å². The lowest BCUT2D eigenvalue weighted by molar-refractivity contribution is 0.0139. The lowest BCUT2D eigenvalue weighted by Crippen LogP contribution is -2.58. The van der Waals surface area contributed by atoms with Crippen LogP contribution in [0.25, 0.3) is 0 Å². The SMILES string of the molecule is CC(C)(C)OC(=O)NCCC12CNCC(CN(CCCNc3ccc(C#N)cc3)C1)C2. The smallest absolute Gasteiger partial charge is 0.407 e. The first kappa shape index (κ1) is 23.4. The first-order chi connectivity index (χ1) is 14.8. The summed E-state index contributed by atoms with van der Waals surface area (Å²) in [4.78, 5) is 14.6. The molecule has 0 aromatic heterocycles. The minimum atomic E-state index is -0.465. The molecule has 0 spiro atoms. The number of nitrogens with one attached hydrogen (secondary N) is 3. The largest absolute Gasteiger partial charge is 0.444 e. The second-order valence-corrected chi connectivity index (χ2v) is 10.1. The number of ether oxygens (including phenoxy) is 1. The number of rotatable bonds is 8. The third kappa shape index (κ3) is 7.41. The Morgan fingerprint density at radius 3 is 2.81 bits per heavy atom. The Balaban J connectivity index is 1.42. The number of carbonyl (C=O) groups excluding carboxylic acids is 1. The number of piperidine rings is 2. The highest BCUT2D eigenvalue weighted by Gasteiger charge is 2.41. The number of amides is 1. The van der Waals surface area contributed by atoms with Crippen molar-refractivity contribution in [1.29, 1.82) is 5.26 Å². The number of alkyl carbamates (subject to hydrolysis) is 1. The molecule has 7 heteroatoms. The Labute approximate surface area is 186 Å². The van der Waals surface area contributed by atoms with E-state index in [1.54, 1.807) is 0 Å². The van der Waals surface area contributed by atoms with Gasteiger partial charge >= 0.3 is 6.09 Å². The highest BCUT2D eigenvalue weighted by molar-refractivity contribution is 5.67. The predicted molar refractivity (Wildman–Crippen MR) is 123 cm³/mol. The van der Waals surface area contributed by atoms with Gasteiger partial charge in [0.15, 0.2) is 0 Å². The molecule has 2 heterocycles. The highest BCUT2D eigenvalue weighted by atomic mass is 16.6. The summed E-state index contributed by atoms with van der Waals surface area (Å²) in [5.74, 6) is 0.676. The summed E-state index contributed by atoms with van der Waals surface area (Å²) in [5.41, 5.74) is 1.50. The number of nitriles is 1. The average Bonchev–Trinajstić information content (AvgIpc) is 2.70. The first-order valence-corrected chi connectivity index (χ1v) is 11.4. The molecular weight excluding hydrogens is 390 g/mol. The van der Waals surface area contributed by atoms with Crippen LogP contribution in [0.3, 0.4) is 0 Å². The molecule has 1 aromatic rings. The number of benzene rings is 1. The molecule has 3 rings (SSSR count). The molecule has 2 saturated heterocycles. The summed E-state index contributed by atoms with van der Waals surface area (Å²) in [6, 6.07) is 9.76. The summed E-state index contributed by atoms with van der Waals surface area (Å²) >= 11 is 0. The number of nitrogens with zero attached hydrogens (tertiary/aromatic N) is 2. The van der Waals surface area contributed by atoms with Gasteiger partial charge in [-0.2, -0.15) is 5.26 Å². The Kier molecular flexibility index (Phi) is 7.79. The second kappa shape index (κ2) is 10.3. The van der Waals surface area contributed by atoms with Gasteiger partial charge < -0.3 is 25.6 Å². The van der Waals surface area contributed by atoms with E-state index in [2.05, 4.69) is 26.9 Å². The summed E-state index contributed by atoms with van der Waals surface area (Å²) in [6.07, 6.45) is 2.95. The number of fused-ring (bicyclic) bond motifs is 2. The van der Waals surface area contributed by atoms with Crippen LogP contribution in [0.1, 0.15) is 45.6 Å². The standard InChI is InChI=1S/C24H37N5O2/c1-23(2,3)31-22(30)28-11-9-24-13-20(15-26-17-24)16-29(18-24)12-4-10-27-21-7-5-19(14-25)6-8-21/h5-8,20,26-27H,4,9-13,15-18H2,1-3H3,(H,28,30). The molecule has 7 nitrogen and oxygen atoms in total. The van der Waals surface area contributed by atoms with Gasteiger partial charge in [-0.3, -0.25) is 0 Å². The first-order valence-electron chi connectivity index (χ1n) is 11.4. The highest BCUT2D eigenvalue weighted by Crippen LogP contribution is 2.38. The third-order valence-corrected chi connectivity index (χ3v) is 6.05. The minimum Gasteiger partial charge on any atom is -0.444 e. The van der Waals surface area contributed by atoms with Gasteiger partial charge in [0.1, 0.15) is 5.60 Å². The van der Waals surface area contributed by atoms with E-state index >= 15 is 0 Å². The van der Waals surface area contributed by atoms with E-state index in [4.69, 9.17) is 10.00 Å². The van der Waals surface area contributed by atoms with Crippen molar-refractivity contribution in [2.24, 2.45) is 11.3 Å². The van der Waals surface area contributed by atoms with Crippen LogP contribution in [-0.2, 0) is 4.74 Å². The zero-order valence-corrected chi connectivity index (χ0v) is 19.2. The molecule has 2 bridgehead atoms. The predicted octanol–water partition coefficient (Wildman–Crippen LogP) is 3.19. The van der Waals surface area contributed by atoms with Crippen LogP contribution in [0.15, 0.2) is 24.3 Å². The Morgan fingerprint density at radius 2 is 2.10 bits per heavy atom.